The zero-order valence-corrected chi connectivity index (χ0v) is 21.2. The molecule has 0 aliphatic carbocycles. The molecule has 1 aromatic heterocycles. The van der Waals surface area contributed by atoms with E-state index in [4.69, 9.17) is 16.3 Å². The van der Waals surface area contributed by atoms with E-state index in [9.17, 15) is 14.0 Å². The van der Waals surface area contributed by atoms with Gasteiger partial charge in [-0.05, 0) is 77.6 Å². The quantitative estimate of drug-likeness (QED) is 0.583. The Morgan fingerprint density at radius 1 is 1.17 bits per heavy atom. The molecule has 2 N–H and O–H groups in total. The van der Waals surface area contributed by atoms with Crippen LogP contribution in [0.5, 0.6) is 5.75 Å². The van der Waals surface area contributed by atoms with Gasteiger partial charge in [-0.25, -0.2) is 9.37 Å². The molecule has 0 saturated carbocycles. The van der Waals surface area contributed by atoms with Crippen molar-refractivity contribution < 1.29 is 18.7 Å². The van der Waals surface area contributed by atoms with Gasteiger partial charge in [0, 0.05) is 36.4 Å². The molecule has 35 heavy (non-hydrogen) atoms. The van der Waals surface area contributed by atoms with Crippen molar-refractivity contribution in [2.45, 2.75) is 83.1 Å². The number of piperidine rings is 1. The Hall–Kier alpha value is -2.87. The van der Waals surface area contributed by atoms with E-state index in [1.54, 1.807) is 26.1 Å². The van der Waals surface area contributed by atoms with Gasteiger partial charge in [-0.3, -0.25) is 9.59 Å². The molecule has 1 aromatic carbocycles. The number of amides is 2. The van der Waals surface area contributed by atoms with Crippen LogP contribution in [0.3, 0.4) is 0 Å². The molecule has 3 atom stereocenters. The van der Waals surface area contributed by atoms with Crippen LogP contribution in [0.15, 0.2) is 36.5 Å². The second-order valence-corrected chi connectivity index (χ2v) is 10.6. The zero-order valence-electron chi connectivity index (χ0n) is 20.5. The summed E-state index contributed by atoms with van der Waals surface area (Å²) in [6, 6.07) is 8.45. The second-order valence-electron chi connectivity index (χ2n) is 10.2. The number of rotatable bonds is 7. The van der Waals surface area contributed by atoms with Crippen molar-refractivity contribution in [1.82, 2.24) is 15.6 Å². The fraction of sp³-hybridized carbons (Fsp3) is 0.500. The van der Waals surface area contributed by atoms with Crippen LogP contribution in [0, 0.1) is 5.82 Å². The summed E-state index contributed by atoms with van der Waals surface area (Å²) in [5.41, 5.74) is -0.635. The molecule has 2 bridgehead atoms. The Morgan fingerprint density at radius 2 is 1.86 bits per heavy atom. The number of anilines is 1. The summed E-state index contributed by atoms with van der Waals surface area (Å²) >= 11 is 5.74. The fourth-order valence-electron chi connectivity index (χ4n) is 4.93. The highest BCUT2D eigenvalue weighted by atomic mass is 35.5. The Kier molecular flexibility index (Phi) is 7.22. The molecule has 188 valence electrons. The number of aromatic nitrogens is 1. The maximum atomic E-state index is 13.8. The lowest BCUT2D eigenvalue weighted by Crippen LogP contribution is -2.55. The first-order valence-corrected chi connectivity index (χ1v) is 12.4. The molecule has 0 radical (unpaired) electrons. The first kappa shape index (κ1) is 25.2. The number of fused-ring (bicyclic) bond motifs is 2. The van der Waals surface area contributed by atoms with Gasteiger partial charge >= 0.3 is 0 Å². The number of halogens is 2. The van der Waals surface area contributed by atoms with Crippen molar-refractivity contribution in [3.8, 4) is 5.75 Å². The Bertz CT molecular complexity index is 1080. The van der Waals surface area contributed by atoms with Crippen LogP contribution in [0.25, 0.3) is 0 Å². The summed E-state index contributed by atoms with van der Waals surface area (Å²) in [6.45, 7) is 7.18. The van der Waals surface area contributed by atoms with Crippen LogP contribution in [0.4, 0.5) is 10.2 Å². The molecule has 2 aliphatic rings. The average Bonchev–Trinajstić information content (AvgIpc) is 3.06. The molecule has 2 amide bonds. The number of ether oxygens (including phenoxy) is 1. The molecule has 0 spiro atoms. The highest BCUT2D eigenvalue weighted by Gasteiger charge is 2.43. The van der Waals surface area contributed by atoms with Crippen LogP contribution < -0.4 is 20.3 Å². The van der Waals surface area contributed by atoms with Crippen molar-refractivity contribution in [3.63, 3.8) is 0 Å². The Balaban J connectivity index is 1.37. The third kappa shape index (κ3) is 5.69. The first-order chi connectivity index (χ1) is 16.5. The number of benzene rings is 1. The van der Waals surface area contributed by atoms with E-state index in [2.05, 4.69) is 20.5 Å². The normalized spacial score (nSPS) is 21.7. The molecular weight excluding hydrogens is 471 g/mol. The van der Waals surface area contributed by atoms with Crippen molar-refractivity contribution in [1.29, 1.82) is 0 Å². The monoisotopic (exact) mass is 502 g/mol. The molecule has 1 unspecified atom stereocenters. The molecule has 2 fully saturated rings. The van der Waals surface area contributed by atoms with Gasteiger partial charge in [-0.15, -0.1) is 0 Å². The van der Waals surface area contributed by atoms with Gasteiger partial charge in [0.05, 0.1) is 10.6 Å². The van der Waals surface area contributed by atoms with Crippen molar-refractivity contribution >= 4 is 29.2 Å². The van der Waals surface area contributed by atoms with Crippen LogP contribution in [0.1, 0.15) is 63.7 Å². The van der Waals surface area contributed by atoms with Crippen LogP contribution in [-0.2, 0) is 4.79 Å². The highest BCUT2D eigenvalue weighted by Crippen LogP contribution is 2.38. The lowest BCUT2D eigenvalue weighted by atomic mass is 9.96. The van der Waals surface area contributed by atoms with Gasteiger partial charge in [0.15, 0.2) is 5.60 Å². The Morgan fingerprint density at radius 3 is 2.43 bits per heavy atom. The van der Waals surface area contributed by atoms with E-state index in [1.807, 2.05) is 26.0 Å². The minimum atomic E-state index is -1.18. The largest absolute Gasteiger partial charge is 0.478 e. The van der Waals surface area contributed by atoms with Gasteiger partial charge in [-0.2, -0.15) is 0 Å². The second kappa shape index (κ2) is 10.0. The lowest BCUT2D eigenvalue weighted by molar-refractivity contribution is -0.135. The number of carbonyl (C=O) groups is 2. The van der Waals surface area contributed by atoms with E-state index in [1.165, 1.54) is 12.1 Å². The van der Waals surface area contributed by atoms with Gasteiger partial charge in [0.25, 0.3) is 11.8 Å². The predicted molar refractivity (Wildman–Crippen MR) is 133 cm³/mol. The molecule has 3 heterocycles. The van der Waals surface area contributed by atoms with E-state index in [0.717, 1.165) is 31.5 Å². The van der Waals surface area contributed by atoms with Crippen molar-refractivity contribution in [3.05, 3.63) is 52.9 Å². The molecule has 9 heteroatoms. The van der Waals surface area contributed by atoms with E-state index in [0.29, 0.717) is 5.56 Å². The lowest BCUT2D eigenvalue weighted by Gasteiger charge is -2.40. The van der Waals surface area contributed by atoms with Gasteiger partial charge < -0.3 is 20.3 Å². The summed E-state index contributed by atoms with van der Waals surface area (Å²) in [5, 5.41) is 6.02. The maximum Gasteiger partial charge on any atom is 0.263 e. The minimum absolute atomic E-state index is 0.00444. The summed E-state index contributed by atoms with van der Waals surface area (Å²) in [4.78, 5) is 32.1. The predicted octanol–water partition coefficient (Wildman–Crippen LogP) is 4.49. The van der Waals surface area contributed by atoms with E-state index >= 15 is 0 Å². The topological polar surface area (TPSA) is 83.6 Å². The van der Waals surface area contributed by atoms with Crippen LogP contribution >= 0.6 is 11.6 Å². The molecule has 2 aromatic rings. The highest BCUT2D eigenvalue weighted by molar-refractivity contribution is 6.30. The van der Waals surface area contributed by atoms with E-state index in [-0.39, 0.29) is 46.8 Å². The Labute approximate surface area is 210 Å². The molecule has 7 nitrogen and oxygen atoms in total. The molecule has 4 rings (SSSR count). The van der Waals surface area contributed by atoms with Gasteiger partial charge in [0.1, 0.15) is 17.4 Å². The molecule has 2 aliphatic heterocycles. The average molecular weight is 503 g/mol. The van der Waals surface area contributed by atoms with Crippen LogP contribution in [-0.4, -0.2) is 46.6 Å². The minimum Gasteiger partial charge on any atom is -0.478 e. The summed E-state index contributed by atoms with van der Waals surface area (Å²) < 4.78 is 19.6. The smallest absolute Gasteiger partial charge is 0.263 e. The molecular formula is C26H32ClFN4O3. The SMILES string of the molecule is CC(C)NC(=O)c1ccc(N2[C@@H]3CC[C@H]2CC(NC(=O)C(C)(C)Oc2ccc(Cl)c(F)c2)C3)nc1. The van der Waals surface area contributed by atoms with Crippen LogP contribution in [0.2, 0.25) is 5.02 Å². The molecule has 2 saturated heterocycles. The van der Waals surface area contributed by atoms with Crippen molar-refractivity contribution in [2.24, 2.45) is 0 Å². The summed E-state index contributed by atoms with van der Waals surface area (Å²) in [6.07, 6.45) is 5.27. The number of hydrogen-bond acceptors (Lipinski definition) is 5. The number of nitrogens with one attached hydrogen (secondary N) is 2. The van der Waals surface area contributed by atoms with Gasteiger partial charge in [-0.1, -0.05) is 11.6 Å². The standard InChI is InChI=1S/C26H32ClFN4O3/c1-15(2)30-24(33)16-5-10-23(29-14-16)32-18-6-7-19(32)12-17(11-18)31-25(34)26(3,4)35-20-8-9-21(27)22(28)13-20/h5,8-10,13-15,17-19H,6-7,11-12H2,1-4H3,(H,30,33)(H,31,34)/t17?,18-,19+. The maximum absolute atomic E-state index is 13.8. The zero-order chi connectivity index (χ0) is 25.3. The first-order valence-electron chi connectivity index (χ1n) is 12.0. The summed E-state index contributed by atoms with van der Waals surface area (Å²) in [5.74, 6) is 0.140. The van der Waals surface area contributed by atoms with Crippen molar-refractivity contribution in [2.75, 3.05) is 4.90 Å². The number of carbonyl (C=O) groups excluding carboxylic acids is 2. The van der Waals surface area contributed by atoms with E-state index < -0.39 is 11.4 Å². The third-order valence-electron chi connectivity index (χ3n) is 6.57. The number of hydrogen-bond donors (Lipinski definition) is 2. The summed E-state index contributed by atoms with van der Waals surface area (Å²) in [7, 11) is 0. The van der Waals surface area contributed by atoms with Gasteiger partial charge in [0.2, 0.25) is 0 Å². The fourth-order valence-corrected chi connectivity index (χ4v) is 5.05. The number of pyridine rings is 1. The number of nitrogens with zero attached hydrogens (tertiary/aromatic N) is 2. The third-order valence-corrected chi connectivity index (χ3v) is 6.88.